The zero-order valence-corrected chi connectivity index (χ0v) is 13.1. The molecule has 0 aliphatic carbocycles. The van der Waals surface area contributed by atoms with Crippen molar-refractivity contribution in [3.05, 3.63) is 62.0 Å². The molecule has 0 aromatic heterocycles. The van der Waals surface area contributed by atoms with Gasteiger partial charge in [0.1, 0.15) is 0 Å². The average molecular weight is 359 g/mol. The largest absolute Gasteiger partial charge is 0.320 e. The van der Waals surface area contributed by atoms with Gasteiger partial charge < -0.3 is 5.32 Å². The van der Waals surface area contributed by atoms with Gasteiger partial charge in [0.05, 0.1) is 21.3 Å². The van der Waals surface area contributed by atoms with Crippen LogP contribution in [0.5, 0.6) is 0 Å². The van der Waals surface area contributed by atoms with Crippen molar-refractivity contribution in [1.82, 2.24) is 0 Å². The van der Waals surface area contributed by atoms with E-state index in [4.69, 9.17) is 23.2 Å². The van der Waals surface area contributed by atoms with Gasteiger partial charge in [0.15, 0.2) is 0 Å². The van der Waals surface area contributed by atoms with Crippen LogP contribution in [0, 0.1) is 6.92 Å². The van der Waals surface area contributed by atoms with Gasteiger partial charge in [0, 0.05) is 4.47 Å². The molecule has 0 radical (unpaired) electrons. The Morgan fingerprint density at radius 3 is 2.58 bits per heavy atom. The van der Waals surface area contributed by atoms with Gasteiger partial charge >= 0.3 is 0 Å². The van der Waals surface area contributed by atoms with Gasteiger partial charge in [0.2, 0.25) is 0 Å². The average Bonchev–Trinajstić information content (AvgIpc) is 2.37. The molecule has 1 N–H and O–H groups in total. The quantitative estimate of drug-likeness (QED) is 0.773. The van der Waals surface area contributed by atoms with Crippen LogP contribution in [0.4, 0.5) is 5.69 Å². The molecule has 0 aliphatic heterocycles. The third-order valence-electron chi connectivity index (χ3n) is 2.63. The maximum Gasteiger partial charge on any atom is 0.257 e. The fraction of sp³-hybridized carbons (Fsp3) is 0.0714. The first-order valence-electron chi connectivity index (χ1n) is 5.50. The molecule has 2 nitrogen and oxygen atoms in total. The Bertz CT molecular complexity index is 623. The monoisotopic (exact) mass is 357 g/mol. The Hall–Kier alpha value is -1.03. The third kappa shape index (κ3) is 3.30. The summed E-state index contributed by atoms with van der Waals surface area (Å²) in [6.45, 7) is 1.88. The molecule has 5 heteroatoms. The molecule has 2 aromatic rings. The molecular weight excluding hydrogens is 349 g/mol. The van der Waals surface area contributed by atoms with E-state index in [2.05, 4.69) is 21.2 Å². The Morgan fingerprint density at radius 1 is 1.16 bits per heavy atom. The molecule has 0 aliphatic rings. The highest BCUT2D eigenvalue weighted by molar-refractivity contribution is 9.10. The smallest absolute Gasteiger partial charge is 0.257 e. The molecule has 0 unspecified atom stereocenters. The Morgan fingerprint density at radius 2 is 1.89 bits per heavy atom. The van der Waals surface area contributed by atoms with E-state index in [1.54, 1.807) is 24.3 Å². The molecule has 1 amide bonds. The van der Waals surface area contributed by atoms with E-state index in [0.29, 0.717) is 21.3 Å². The van der Waals surface area contributed by atoms with Crippen LogP contribution < -0.4 is 5.32 Å². The zero-order chi connectivity index (χ0) is 14.0. The molecule has 2 rings (SSSR count). The summed E-state index contributed by atoms with van der Waals surface area (Å²) in [5.74, 6) is -0.289. The predicted molar refractivity (Wildman–Crippen MR) is 83.3 cm³/mol. The molecule has 19 heavy (non-hydrogen) atoms. The fourth-order valence-corrected chi connectivity index (χ4v) is 2.48. The van der Waals surface area contributed by atoms with Crippen molar-refractivity contribution in [3.63, 3.8) is 0 Å². The molecule has 98 valence electrons. The second kappa shape index (κ2) is 5.95. The number of carbonyl (C=O) groups is 1. The molecule has 0 saturated heterocycles. The highest BCUT2D eigenvalue weighted by atomic mass is 79.9. The summed E-state index contributed by atoms with van der Waals surface area (Å²) in [5, 5.41) is 3.68. The lowest BCUT2D eigenvalue weighted by Gasteiger charge is -2.11. The number of amides is 1. The van der Waals surface area contributed by atoms with E-state index in [1.165, 1.54) is 0 Å². The van der Waals surface area contributed by atoms with Crippen LogP contribution in [0.25, 0.3) is 0 Å². The highest BCUT2D eigenvalue weighted by Crippen LogP contribution is 2.27. The number of hydrogen-bond donors (Lipinski definition) is 1. The van der Waals surface area contributed by atoms with Crippen LogP contribution in [0.1, 0.15) is 15.9 Å². The first kappa shape index (κ1) is 14.4. The Kier molecular flexibility index (Phi) is 4.50. The molecule has 0 atom stereocenters. The lowest BCUT2D eigenvalue weighted by atomic mass is 10.1. The molecule has 0 saturated carbocycles. The van der Waals surface area contributed by atoms with Gasteiger partial charge in [-0.25, -0.2) is 0 Å². The number of halogens is 3. The zero-order valence-electron chi connectivity index (χ0n) is 10.0. The minimum atomic E-state index is -0.289. The first-order valence-corrected chi connectivity index (χ1v) is 7.05. The van der Waals surface area contributed by atoms with Gasteiger partial charge in [-0.1, -0.05) is 51.3 Å². The summed E-state index contributed by atoms with van der Waals surface area (Å²) in [7, 11) is 0. The summed E-state index contributed by atoms with van der Waals surface area (Å²) in [4.78, 5) is 12.2. The van der Waals surface area contributed by atoms with Crippen LogP contribution in [-0.2, 0) is 0 Å². The number of hydrogen-bond acceptors (Lipinski definition) is 1. The van der Waals surface area contributed by atoms with Gasteiger partial charge in [-0.05, 0) is 36.8 Å². The number of anilines is 1. The lowest BCUT2D eigenvalue weighted by molar-refractivity contribution is 0.102. The molecular formula is C14H10BrCl2NO. The van der Waals surface area contributed by atoms with Crippen molar-refractivity contribution >= 4 is 50.7 Å². The van der Waals surface area contributed by atoms with E-state index in [0.717, 1.165) is 10.0 Å². The van der Waals surface area contributed by atoms with Crippen molar-refractivity contribution in [1.29, 1.82) is 0 Å². The van der Waals surface area contributed by atoms with Crippen LogP contribution in [0.2, 0.25) is 10.0 Å². The van der Waals surface area contributed by atoms with Gasteiger partial charge in [-0.15, -0.1) is 0 Å². The summed E-state index contributed by atoms with van der Waals surface area (Å²) < 4.78 is 0.790. The minimum Gasteiger partial charge on any atom is -0.320 e. The van der Waals surface area contributed by atoms with Crippen molar-refractivity contribution in [3.8, 4) is 0 Å². The second-order valence-electron chi connectivity index (χ2n) is 4.01. The van der Waals surface area contributed by atoms with Crippen molar-refractivity contribution in [2.75, 3.05) is 5.32 Å². The van der Waals surface area contributed by atoms with Gasteiger partial charge in [-0.2, -0.15) is 0 Å². The summed E-state index contributed by atoms with van der Waals surface area (Å²) >= 11 is 15.4. The van der Waals surface area contributed by atoms with E-state index in [-0.39, 0.29) is 5.91 Å². The molecule has 0 fully saturated rings. The lowest BCUT2D eigenvalue weighted by Crippen LogP contribution is -2.13. The number of aryl methyl sites for hydroxylation is 1. The summed E-state index contributed by atoms with van der Waals surface area (Å²) in [6, 6.07) is 10.6. The van der Waals surface area contributed by atoms with Crippen molar-refractivity contribution in [2.24, 2.45) is 0 Å². The standard InChI is InChI=1S/C14H10BrCl2NO/c1-8-3-2-4-12(17)13(8)18-14(19)10-7-9(15)5-6-11(10)16/h2-7H,1H3,(H,18,19). The van der Waals surface area contributed by atoms with Crippen molar-refractivity contribution < 1.29 is 4.79 Å². The van der Waals surface area contributed by atoms with Crippen molar-refractivity contribution in [2.45, 2.75) is 6.92 Å². The summed E-state index contributed by atoms with van der Waals surface area (Å²) in [6.07, 6.45) is 0. The third-order valence-corrected chi connectivity index (χ3v) is 3.77. The van der Waals surface area contributed by atoms with Gasteiger partial charge in [-0.3, -0.25) is 4.79 Å². The number of para-hydroxylation sites is 1. The normalized spacial score (nSPS) is 10.3. The SMILES string of the molecule is Cc1cccc(Cl)c1NC(=O)c1cc(Br)ccc1Cl. The van der Waals surface area contributed by atoms with Gasteiger partial charge in [0.25, 0.3) is 5.91 Å². The number of carbonyl (C=O) groups excluding carboxylic acids is 1. The second-order valence-corrected chi connectivity index (χ2v) is 5.74. The fourth-order valence-electron chi connectivity index (χ4n) is 1.64. The summed E-state index contributed by atoms with van der Waals surface area (Å²) in [5.41, 5.74) is 1.90. The molecule has 2 aromatic carbocycles. The molecule has 0 heterocycles. The minimum absolute atomic E-state index is 0.289. The first-order chi connectivity index (χ1) is 8.99. The number of benzene rings is 2. The van der Waals surface area contributed by atoms with E-state index < -0.39 is 0 Å². The van der Waals surface area contributed by atoms with Crippen LogP contribution in [-0.4, -0.2) is 5.91 Å². The number of nitrogens with one attached hydrogen (secondary N) is 1. The predicted octanol–water partition coefficient (Wildman–Crippen LogP) is 5.32. The number of rotatable bonds is 2. The Balaban J connectivity index is 2.34. The topological polar surface area (TPSA) is 29.1 Å². The maximum atomic E-state index is 12.2. The van der Waals surface area contributed by atoms with Crippen LogP contribution >= 0.6 is 39.1 Å². The van der Waals surface area contributed by atoms with Crippen LogP contribution in [0.15, 0.2) is 40.9 Å². The highest BCUT2D eigenvalue weighted by Gasteiger charge is 2.13. The molecule has 0 spiro atoms. The maximum absolute atomic E-state index is 12.2. The molecule has 0 bridgehead atoms. The van der Waals surface area contributed by atoms with E-state index in [9.17, 15) is 4.79 Å². The van der Waals surface area contributed by atoms with E-state index >= 15 is 0 Å². The Labute approximate surface area is 129 Å². The van der Waals surface area contributed by atoms with Crippen LogP contribution in [0.3, 0.4) is 0 Å². The van der Waals surface area contributed by atoms with E-state index in [1.807, 2.05) is 19.1 Å².